The zero-order valence-corrected chi connectivity index (χ0v) is 10.1. The average Bonchev–Trinajstić information content (AvgIpc) is 2.18. The van der Waals surface area contributed by atoms with Crippen LogP contribution in [0.5, 0.6) is 0 Å². The van der Waals surface area contributed by atoms with Gasteiger partial charge in [-0.3, -0.25) is 4.79 Å². The molecular formula is C11H23N3O. The smallest absolute Gasteiger partial charge is 0.222 e. The van der Waals surface area contributed by atoms with E-state index in [-0.39, 0.29) is 5.91 Å². The van der Waals surface area contributed by atoms with E-state index in [4.69, 9.17) is 0 Å². The molecule has 0 bridgehead atoms. The minimum Gasteiger partial charge on any atom is -0.344 e. The lowest BCUT2D eigenvalue weighted by Gasteiger charge is -2.33. The maximum absolute atomic E-state index is 11.6. The summed E-state index contributed by atoms with van der Waals surface area (Å²) in [7, 11) is 4.02. The van der Waals surface area contributed by atoms with E-state index in [2.05, 4.69) is 17.3 Å². The van der Waals surface area contributed by atoms with Gasteiger partial charge in [0.25, 0.3) is 0 Å². The lowest BCUT2D eigenvalue weighted by atomic mass is 10.2. The molecule has 88 valence electrons. The molecule has 0 saturated carbocycles. The van der Waals surface area contributed by atoms with Gasteiger partial charge in [0, 0.05) is 45.7 Å². The van der Waals surface area contributed by atoms with Crippen molar-refractivity contribution in [3.05, 3.63) is 0 Å². The highest BCUT2D eigenvalue weighted by Gasteiger charge is 2.19. The van der Waals surface area contributed by atoms with Crippen LogP contribution in [0.2, 0.25) is 0 Å². The molecule has 0 spiro atoms. The fraction of sp³-hybridized carbons (Fsp3) is 0.909. The van der Waals surface area contributed by atoms with Gasteiger partial charge in [0.15, 0.2) is 0 Å². The van der Waals surface area contributed by atoms with Gasteiger partial charge in [-0.2, -0.15) is 0 Å². The number of amides is 1. The van der Waals surface area contributed by atoms with Crippen molar-refractivity contribution in [3.8, 4) is 0 Å². The zero-order valence-electron chi connectivity index (χ0n) is 10.1. The van der Waals surface area contributed by atoms with Crippen LogP contribution in [-0.2, 0) is 4.79 Å². The van der Waals surface area contributed by atoms with E-state index in [1.165, 1.54) is 0 Å². The van der Waals surface area contributed by atoms with E-state index in [1.54, 1.807) is 0 Å². The van der Waals surface area contributed by atoms with Crippen LogP contribution in [0.4, 0.5) is 0 Å². The minimum atomic E-state index is 0.257. The lowest BCUT2D eigenvalue weighted by molar-refractivity contribution is -0.130. The third kappa shape index (κ3) is 4.18. The number of likely N-dealkylation sites (N-methyl/N-ethyl adjacent to an activating group) is 2. The van der Waals surface area contributed by atoms with Crippen molar-refractivity contribution >= 4 is 5.91 Å². The third-order valence-corrected chi connectivity index (χ3v) is 2.84. The number of rotatable bonds is 4. The Bertz CT molecular complexity index is 208. The van der Waals surface area contributed by atoms with Crippen LogP contribution in [0, 0.1) is 0 Å². The molecule has 0 aromatic heterocycles. The second-order valence-electron chi connectivity index (χ2n) is 4.44. The molecule has 1 N–H and O–H groups in total. The first-order valence-electron chi connectivity index (χ1n) is 5.79. The van der Waals surface area contributed by atoms with E-state index < -0.39 is 0 Å². The van der Waals surface area contributed by atoms with E-state index in [0.29, 0.717) is 12.5 Å². The predicted octanol–water partition coefficient (Wildman–Crippen LogP) is 0.149. The van der Waals surface area contributed by atoms with Crippen molar-refractivity contribution < 1.29 is 4.79 Å². The molecule has 0 radical (unpaired) electrons. The molecule has 1 heterocycles. The van der Waals surface area contributed by atoms with Gasteiger partial charge in [0.1, 0.15) is 0 Å². The number of piperazine rings is 1. The maximum atomic E-state index is 11.6. The highest BCUT2D eigenvalue weighted by molar-refractivity contribution is 5.75. The number of hydrogen-bond donors (Lipinski definition) is 1. The molecule has 0 aliphatic carbocycles. The first-order chi connectivity index (χ1) is 7.13. The molecule has 1 amide bonds. The van der Waals surface area contributed by atoms with Crippen molar-refractivity contribution in [1.29, 1.82) is 0 Å². The van der Waals surface area contributed by atoms with Gasteiger partial charge < -0.3 is 15.1 Å². The van der Waals surface area contributed by atoms with Crippen LogP contribution in [0.25, 0.3) is 0 Å². The quantitative estimate of drug-likeness (QED) is 0.722. The minimum absolute atomic E-state index is 0.257. The second-order valence-corrected chi connectivity index (χ2v) is 4.44. The first kappa shape index (κ1) is 12.5. The summed E-state index contributed by atoms with van der Waals surface area (Å²) in [6.45, 7) is 6.02. The Morgan fingerprint density at radius 2 is 2.33 bits per heavy atom. The third-order valence-electron chi connectivity index (χ3n) is 2.84. The molecule has 4 nitrogen and oxygen atoms in total. The van der Waals surface area contributed by atoms with E-state index in [9.17, 15) is 4.79 Å². The van der Waals surface area contributed by atoms with E-state index in [1.807, 2.05) is 18.9 Å². The first-order valence-corrected chi connectivity index (χ1v) is 5.79. The zero-order chi connectivity index (χ0) is 11.3. The summed E-state index contributed by atoms with van der Waals surface area (Å²) >= 11 is 0. The Kier molecular flexibility index (Phi) is 5.05. The molecule has 1 saturated heterocycles. The van der Waals surface area contributed by atoms with Crippen LogP contribution in [0.1, 0.15) is 19.8 Å². The van der Waals surface area contributed by atoms with Crippen LogP contribution in [-0.4, -0.2) is 62.0 Å². The molecule has 15 heavy (non-hydrogen) atoms. The van der Waals surface area contributed by atoms with Crippen LogP contribution in [0.15, 0.2) is 0 Å². The predicted molar refractivity (Wildman–Crippen MR) is 61.8 cm³/mol. The normalized spacial score (nSPS) is 22.7. The molecule has 1 atom stereocenters. The average molecular weight is 213 g/mol. The van der Waals surface area contributed by atoms with Crippen molar-refractivity contribution in [3.63, 3.8) is 0 Å². The van der Waals surface area contributed by atoms with Gasteiger partial charge in [-0.1, -0.05) is 6.92 Å². The van der Waals surface area contributed by atoms with E-state index in [0.717, 1.165) is 32.6 Å². The van der Waals surface area contributed by atoms with Crippen molar-refractivity contribution in [2.75, 3.05) is 40.3 Å². The monoisotopic (exact) mass is 213 g/mol. The van der Waals surface area contributed by atoms with Gasteiger partial charge in [0.2, 0.25) is 5.91 Å². The largest absolute Gasteiger partial charge is 0.344 e. The number of nitrogens with zero attached hydrogens (tertiary/aromatic N) is 2. The summed E-state index contributed by atoms with van der Waals surface area (Å²) in [6, 6.07) is 0.426. The SMILES string of the molecule is CCCC(=O)N(C)CC1CN(C)CCN1. The number of carbonyl (C=O) groups is 1. The van der Waals surface area contributed by atoms with Gasteiger partial charge in [0.05, 0.1) is 0 Å². The van der Waals surface area contributed by atoms with Crippen LogP contribution in [0.3, 0.4) is 0 Å². The number of nitrogens with one attached hydrogen (secondary N) is 1. The summed E-state index contributed by atoms with van der Waals surface area (Å²) in [5.74, 6) is 0.257. The highest BCUT2D eigenvalue weighted by atomic mass is 16.2. The molecular weight excluding hydrogens is 190 g/mol. The molecule has 4 heteroatoms. The Balaban J connectivity index is 2.30. The maximum Gasteiger partial charge on any atom is 0.222 e. The van der Waals surface area contributed by atoms with Crippen LogP contribution >= 0.6 is 0 Å². The second kappa shape index (κ2) is 6.08. The summed E-state index contributed by atoms with van der Waals surface area (Å²) < 4.78 is 0. The molecule has 0 aromatic carbocycles. The number of carbonyl (C=O) groups excluding carboxylic acids is 1. The summed E-state index contributed by atoms with van der Waals surface area (Å²) in [5, 5.41) is 3.44. The van der Waals surface area contributed by atoms with Gasteiger partial charge in [-0.25, -0.2) is 0 Å². The van der Waals surface area contributed by atoms with Crippen molar-refractivity contribution in [2.24, 2.45) is 0 Å². The Labute approximate surface area is 92.6 Å². The van der Waals surface area contributed by atoms with Crippen LogP contribution < -0.4 is 5.32 Å². The molecule has 1 aliphatic rings. The molecule has 1 fully saturated rings. The fourth-order valence-electron chi connectivity index (χ4n) is 1.95. The van der Waals surface area contributed by atoms with Gasteiger partial charge >= 0.3 is 0 Å². The summed E-state index contributed by atoms with van der Waals surface area (Å²) in [6.07, 6.45) is 1.60. The van der Waals surface area contributed by atoms with Gasteiger partial charge in [-0.05, 0) is 13.5 Å². The Morgan fingerprint density at radius 3 is 2.93 bits per heavy atom. The number of hydrogen-bond acceptors (Lipinski definition) is 3. The Morgan fingerprint density at radius 1 is 1.60 bits per heavy atom. The molecule has 1 unspecified atom stereocenters. The lowest BCUT2D eigenvalue weighted by Crippen LogP contribution is -2.53. The van der Waals surface area contributed by atoms with Gasteiger partial charge in [-0.15, -0.1) is 0 Å². The molecule has 1 rings (SSSR count). The summed E-state index contributed by atoms with van der Waals surface area (Å²) in [4.78, 5) is 15.7. The van der Waals surface area contributed by atoms with Crippen molar-refractivity contribution in [2.45, 2.75) is 25.8 Å². The topological polar surface area (TPSA) is 35.6 Å². The van der Waals surface area contributed by atoms with E-state index >= 15 is 0 Å². The Hall–Kier alpha value is -0.610. The standard InChI is InChI=1S/C11H23N3O/c1-4-5-11(15)14(3)9-10-8-13(2)7-6-12-10/h10,12H,4-9H2,1-3H3. The molecule has 1 aliphatic heterocycles. The fourth-order valence-corrected chi connectivity index (χ4v) is 1.95. The molecule has 0 aromatic rings. The highest BCUT2D eigenvalue weighted by Crippen LogP contribution is 2.01. The summed E-state index contributed by atoms with van der Waals surface area (Å²) in [5.41, 5.74) is 0. The van der Waals surface area contributed by atoms with Crippen molar-refractivity contribution in [1.82, 2.24) is 15.1 Å².